The first-order valence-corrected chi connectivity index (χ1v) is 11.1. The molecule has 0 amide bonds. The second kappa shape index (κ2) is 9.53. The predicted molar refractivity (Wildman–Crippen MR) is 129 cm³/mol. The maximum atomic E-state index is 12.5. The largest absolute Gasteiger partial charge is 0.489 e. The standard InChI is InChI=1S/C27H22ClNO5/c1-31-27(30)24-11-20(14-29(24)15-21-12-25-26(13-23(21)28)34-17-33-25)19-7-9-22(10-8-19)32-16-18-5-3-2-4-6-18/h2-14H,15-17H2,1H3. The molecule has 34 heavy (non-hydrogen) atoms. The summed E-state index contributed by atoms with van der Waals surface area (Å²) in [4.78, 5) is 12.5. The molecule has 0 bridgehead atoms. The Hall–Kier alpha value is -3.90. The number of methoxy groups -OCH3 is 1. The van der Waals surface area contributed by atoms with Crippen molar-refractivity contribution in [2.24, 2.45) is 0 Å². The van der Waals surface area contributed by atoms with Crippen molar-refractivity contribution in [2.45, 2.75) is 13.2 Å². The molecule has 1 aliphatic heterocycles. The molecule has 0 saturated carbocycles. The van der Waals surface area contributed by atoms with E-state index in [-0.39, 0.29) is 6.79 Å². The van der Waals surface area contributed by atoms with E-state index >= 15 is 0 Å². The van der Waals surface area contributed by atoms with Crippen LogP contribution in [0.4, 0.5) is 0 Å². The molecule has 0 N–H and O–H groups in total. The lowest BCUT2D eigenvalue weighted by Crippen LogP contribution is -2.10. The van der Waals surface area contributed by atoms with E-state index in [0.29, 0.717) is 35.4 Å². The van der Waals surface area contributed by atoms with E-state index in [0.717, 1.165) is 28.0 Å². The Bertz CT molecular complexity index is 1320. The number of rotatable bonds is 7. The fraction of sp³-hybridized carbons (Fsp3) is 0.148. The van der Waals surface area contributed by atoms with Gasteiger partial charge >= 0.3 is 5.97 Å². The third-order valence-corrected chi connectivity index (χ3v) is 5.96. The number of hydrogen-bond acceptors (Lipinski definition) is 5. The van der Waals surface area contributed by atoms with Gasteiger partial charge in [-0.25, -0.2) is 4.79 Å². The van der Waals surface area contributed by atoms with E-state index in [1.54, 1.807) is 6.07 Å². The van der Waals surface area contributed by atoms with Crippen molar-refractivity contribution in [1.29, 1.82) is 0 Å². The summed E-state index contributed by atoms with van der Waals surface area (Å²) in [6.07, 6.45) is 1.91. The fourth-order valence-electron chi connectivity index (χ4n) is 3.82. The van der Waals surface area contributed by atoms with Crippen LogP contribution in [0.15, 0.2) is 79.0 Å². The highest BCUT2D eigenvalue weighted by atomic mass is 35.5. The lowest BCUT2D eigenvalue weighted by molar-refractivity contribution is 0.0589. The van der Waals surface area contributed by atoms with Gasteiger partial charge in [0.05, 0.1) is 7.11 Å². The SMILES string of the molecule is COC(=O)c1cc(-c2ccc(OCc3ccccc3)cc2)cn1Cc1cc2c(cc1Cl)OCO2. The topological polar surface area (TPSA) is 58.9 Å². The van der Waals surface area contributed by atoms with Gasteiger partial charge in [-0.3, -0.25) is 0 Å². The highest BCUT2D eigenvalue weighted by Crippen LogP contribution is 2.37. The molecule has 2 heterocycles. The number of esters is 1. The molecule has 0 fully saturated rings. The van der Waals surface area contributed by atoms with Gasteiger partial charge in [-0.2, -0.15) is 0 Å². The van der Waals surface area contributed by atoms with Gasteiger partial charge < -0.3 is 23.5 Å². The zero-order chi connectivity index (χ0) is 23.5. The van der Waals surface area contributed by atoms with E-state index in [9.17, 15) is 4.79 Å². The monoisotopic (exact) mass is 475 g/mol. The van der Waals surface area contributed by atoms with E-state index in [1.165, 1.54) is 7.11 Å². The van der Waals surface area contributed by atoms with Crippen molar-refractivity contribution in [2.75, 3.05) is 13.9 Å². The number of carbonyl (C=O) groups excluding carboxylic acids is 1. The van der Waals surface area contributed by atoms with Crippen LogP contribution in [0.2, 0.25) is 5.02 Å². The van der Waals surface area contributed by atoms with Crippen molar-refractivity contribution in [3.63, 3.8) is 0 Å². The van der Waals surface area contributed by atoms with E-state index in [2.05, 4.69) is 0 Å². The first-order valence-electron chi connectivity index (χ1n) is 10.7. The van der Waals surface area contributed by atoms with Gasteiger partial charge in [0.15, 0.2) is 11.5 Å². The van der Waals surface area contributed by atoms with Gasteiger partial charge in [-0.1, -0.05) is 54.1 Å². The maximum absolute atomic E-state index is 12.5. The fourth-order valence-corrected chi connectivity index (χ4v) is 4.04. The molecule has 172 valence electrons. The van der Waals surface area contributed by atoms with Gasteiger partial charge in [0.2, 0.25) is 6.79 Å². The lowest BCUT2D eigenvalue weighted by atomic mass is 10.1. The Morgan fingerprint density at radius 3 is 2.44 bits per heavy atom. The number of hydrogen-bond donors (Lipinski definition) is 0. The van der Waals surface area contributed by atoms with Crippen LogP contribution in [0.5, 0.6) is 17.2 Å². The Balaban J connectivity index is 1.38. The van der Waals surface area contributed by atoms with Crippen LogP contribution in [0, 0.1) is 0 Å². The normalized spacial score (nSPS) is 11.9. The van der Waals surface area contributed by atoms with Gasteiger partial charge in [0.25, 0.3) is 0 Å². The smallest absolute Gasteiger partial charge is 0.354 e. The summed E-state index contributed by atoms with van der Waals surface area (Å²) in [5.41, 5.74) is 4.17. The minimum Gasteiger partial charge on any atom is -0.489 e. The number of fused-ring (bicyclic) bond motifs is 1. The molecular formula is C27H22ClNO5. The Kier molecular flexibility index (Phi) is 6.14. The van der Waals surface area contributed by atoms with Gasteiger partial charge in [0.1, 0.15) is 18.1 Å². The zero-order valence-electron chi connectivity index (χ0n) is 18.5. The lowest BCUT2D eigenvalue weighted by Gasteiger charge is -2.10. The number of halogens is 1. The van der Waals surface area contributed by atoms with E-state index < -0.39 is 5.97 Å². The summed E-state index contributed by atoms with van der Waals surface area (Å²) in [6.45, 7) is 1.04. The van der Waals surface area contributed by atoms with Crippen LogP contribution in [-0.4, -0.2) is 24.4 Å². The predicted octanol–water partition coefficient (Wildman–Crippen LogP) is 5.95. The van der Waals surface area contributed by atoms with Crippen molar-refractivity contribution in [3.05, 3.63) is 101 Å². The molecule has 1 aromatic heterocycles. The van der Waals surface area contributed by atoms with E-state index in [4.69, 9.17) is 30.5 Å². The molecule has 0 atom stereocenters. The second-order valence-corrected chi connectivity index (χ2v) is 8.24. The average molecular weight is 476 g/mol. The molecule has 6 nitrogen and oxygen atoms in total. The molecule has 1 aliphatic rings. The molecule has 5 rings (SSSR count). The average Bonchev–Trinajstić information content (AvgIpc) is 3.50. The van der Waals surface area contributed by atoms with Crippen LogP contribution < -0.4 is 14.2 Å². The summed E-state index contributed by atoms with van der Waals surface area (Å²) >= 11 is 6.46. The van der Waals surface area contributed by atoms with Gasteiger partial charge in [-0.15, -0.1) is 0 Å². The van der Waals surface area contributed by atoms with Crippen LogP contribution in [0.3, 0.4) is 0 Å². The number of benzene rings is 3. The minimum absolute atomic E-state index is 0.168. The number of aromatic nitrogens is 1. The first-order chi connectivity index (χ1) is 16.6. The second-order valence-electron chi connectivity index (χ2n) is 7.83. The van der Waals surface area contributed by atoms with Crippen molar-refractivity contribution < 1.29 is 23.7 Å². The summed E-state index contributed by atoms with van der Waals surface area (Å²) in [7, 11) is 1.37. The molecule has 0 saturated heterocycles. The van der Waals surface area contributed by atoms with Gasteiger partial charge in [-0.05, 0) is 41.0 Å². The molecule has 3 aromatic carbocycles. The number of nitrogens with zero attached hydrogens (tertiary/aromatic N) is 1. The Morgan fingerprint density at radius 2 is 1.71 bits per heavy atom. The molecule has 7 heteroatoms. The van der Waals surface area contributed by atoms with Crippen LogP contribution in [0.25, 0.3) is 11.1 Å². The third kappa shape index (κ3) is 4.58. The number of ether oxygens (including phenoxy) is 4. The Morgan fingerprint density at radius 1 is 0.971 bits per heavy atom. The van der Waals surface area contributed by atoms with Crippen molar-refractivity contribution in [1.82, 2.24) is 4.57 Å². The van der Waals surface area contributed by atoms with Crippen LogP contribution in [-0.2, 0) is 17.9 Å². The van der Waals surface area contributed by atoms with E-state index in [1.807, 2.05) is 77.5 Å². The minimum atomic E-state index is -0.425. The molecular weight excluding hydrogens is 454 g/mol. The Labute approximate surface area is 202 Å². The van der Waals surface area contributed by atoms with Gasteiger partial charge in [0, 0.05) is 29.4 Å². The van der Waals surface area contributed by atoms with Crippen LogP contribution >= 0.6 is 11.6 Å². The highest BCUT2D eigenvalue weighted by molar-refractivity contribution is 6.31. The molecule has 0 spiro atoms. The van der Waals surface area contributed by atoms with Crippen molar-refractivity contribution >= 4 is 17.6 Å². The first kappa shape index (κ1) is 21.9. The summed E-state index contributed by atoms with van der Waals surface area (Å²) in [5, 5.41) is 0.537. The highest BCUT2D eigenvalue weighted by Gasteiger charge is 2.20. The molecule has 0 aliphatic carbocycles. The maximum Gasteiger partial charge on any atom is 0.354 e. The summed E-state index contributed by atoms with van der Waals surface area (Å²) < 4.78 is 23.6. The quantitative estimate of drug-likeness (QED) is 0.309. The molecule has 4 aromatic rings. The summed E-state index contributed by atoms with van der Waals surface area (Å²) in [5.74, 6) is 1.60. The summed E-state index contributed by atoms with van der Waals surface area (Å²) in [6, 6.07) is 23.2. The molecule has 0 unspecified atom stereocenters. The third-order valence-electron chi connectivity index (χ3n) is 5.61. The van der Waals surface area contributed by atoms with Crippen LogP contribution in [0.1, 0.15) is 21.6 Å². The van der Waals surface area contributed by atoms with Crippen molar-refractivity contribution in [3.8, 4) is 28.4 Å². The number of carbonyl (C=O) groups is 1. The zero-order valence-corrected chi connectivity index (χ0v) is 19.2. The molecule has 0 radical (unpaired) electrons.